The van der Waals surface area contributed by atoms with Crippen molar-refractivity contribution in [3.63, 3.8) is 0 Å². The van der Waals surface area contributed by atoms with Gasteiger partial charge in [0.25, 0.3) is 0 Å². The number of aliphatic hydroxyl groups is 5. The fourth-order valence-corrected chi connectivity index (χ4v) is 13.7. The van der Waals surface area contributed by atoms with E-state index < -0.39 is 48.2 Å². The van der Waals surface area contributed by atoms with Gasteiger partial charge >= 0.3 is 0 Å². The topological polar surface area (TPSA) is 141 Å². The van der Waals surface area contributed by atoms with Crippen LogP contribution in [0.15, 0.2) is 0 Å². The molecule has 3 aliphatic heterocycles. The van der Waals surface area contributed by atoms with E-state index in [0.29, 0.717) is 17.3 Å². The van der Waals surface area contributed by atoms with Crippen molar-refractivity contribution in [1.29, 1.82) is 0 Å². The van der Waals surface area contributed by atoms with Crippen LogP contribution in [0.5, 0.6) is 0 Å². The molecule has 0 bridgehead atoms. The maximum atomic E-state index is 11.6. The minimum absolute atomic E-state index is 0.00897. The number of hydrogen-bond donors (Lipinski definition) is 5. The molecule has 8 aliphatic rings. The summed E-state index contributed by atoms with van der Waals surface area (Å²) in [6, 6.07) is 0. The molecule has 0 radical (unpaired) electrons. The molecule has 44 heavy (non-hydrogen) atoms. The van der Waals surface area contributed by atoms with Gasteiger partial charge in [0, 0.05) is 0 Å². The predicted octanol–water partition coefficient (Wildman–Crippen LogP) is 3.12. The molecule has 5 N–H and O–H groups in total. The second-order valence-corrected chi connectivity index (χ2v) is 18.3. The first-order valence-electron chi connectivity index (χ1n) is 17.5. The molecule has 3 heterocycles. The van der Waals surface area contributed by atoms with Gasteiger partial charge in [-0.25, -0.2) is 0 Å². The van der Waals surface area contributed by atoms with E-state index in [1.165, 1.54) is 19.3 Å². The highest BCUT2D eigenvalue weighted by atomic mass is 16.8. The van der Waals surface area contributed by atoms with Crippen molar-refractivity contribution >= 4 is 0 Å². The molecule has 3 spiro atoms. The summed E-state index contributed by atoms with van der Waals surface area (Å²) >= 11 is 0. The lowest BCUT2D eigenvalue weighted by atomic mass is 9.41. The SMILES string of the molecule is CC1C(O)C2(OC3CC4(C)C5CCC6C(C)(C)C(OC7OCC(O)C(O)C7O)CCC67CC57CCC4(C)C31)OC2C(C)(C)O. The molecule has 8 rings (SSSR count). The summed E-state index contributed by atoms with van der Waals surface area (Å²) in [4.78, 5) is 0. The average molecular weight is 621 g/mol. The van der Waals surface area contributed by atoms with E-state index in [1.807, 2.05) is 0 Å². The molecule has 8 fully saturated rings. The third-order valence-corrected chi connectivity index (χ3v) is 15.9. The van der Waals surface area contributed by atoms with Gasteiger partial charge in [-0.2, -0.15) is 0 Å². The molecule has 17 unspecified atom stereocenters. The normalized spacial score (nSPS) is 62.2. The maximum Gasteiger partial charge on any atom is 0.225 e. The number of epoxide rings is 1. The van der Waals surface area contributed by atoms with Gasteiger partial charge in [0.2, 0.25) is 5.79 Å². The lowest BCUT2D eigenvalue weighted by molar-refractivity contribution is -0.302. The fourth-order valence-electron chi connectivity index (χ4n) is 13.7. The first-order chi connectivity index (χ1) is 20.4. The fraction of sp³-hybridized carbons (Fsp3) is 1.00. The summed E-state index contributed by atoms with van der Waals surface area (Å²) in [6.07, 6.45) is 2.99. The van der Waals surface area contributed by atoms with Crippen LogP contribution in [0.25, 0.3) is 0 Å². The molecular formula is C35H56O9. The minimum atomic E-state index is -1.27. The van der Waals surface area contributed by atoms with Crippen LogP contribution in [0.3, 0.4) is 0 Å². The molecule has 5 aliphatic carbocycles. The molecule has 9 heteroatoms. The van der Waals surface area contributed by atoms with Gasteiger partial charge < -0.3 is 44.5 Å². The molecule has 5 saturated carbocycles. The van der Waals surface area contributed by atoms with Gasteiger partial charge in [-0.1, -0.05) is 34.6 Å². The van der Waals surface area contributed by atoms with E-state index in [-0.39, 0.29) is 52.3 Å². The Balaban J connectivity index is 1.05. The Morgan fingerprint density at radius 1 is 0.818 bits per heavy atom. The second-order valence-electron chi connectivity index (χ2n) is 18.3. The Hall–Kier alpha value is -0.360. The molecule has 0 aromatic rings. The van der Waals surface area contributed by atoms with Crippen LogP contribution < -0.4 is 0 Å². The quantitative estimate of drug-likeness (QED) is 0.238. The van der Waals surface area contributed by atoms with Crippen molar-refractivity contribution in [3.8, 4) is 0 Å². The largest absolute Gasteiger partial charge is 0.388 e. The Bertz CT molecular complexity index is 1200. The van der Waals surface area contributed by atoms with Crippen LogP contribution in [0.2, 0.25) is 0 Å². The highest BCUT2D eigenvalue weighted by molar-refractivity contribution is 5.32. The van der Waals surface area contributed by atoms with Crippen LogP contribution in [0.1, 0.15) is 99.8 Å². The molecule has 0 aromatic heterocycles. The number of rotatable bonds is 3. The second kappa shape index (κ2) is 9.00. The van der Waals surface area contributed by atoms with Crippen LogP contribution >= 0.6 is 0 Å². The standard InChI is InChI=1S/C35H56O9/c1-17-23-19(43-35(26(17)39)28(44-35)30(4,5)40)14-32(7)21-9-8-20-29(2,3)22(42-27-25(38)24(37)18(36)15-41-27)10-11-33(20)16-34(21,33)13-12-31(23,32)6/h17-28,36-40H,8-16H2,1-7H3. The summed E-state index contributed by atoms with van der Waals surface area (Å²) in [7, 11) is 0. The van der Waals surface area contributed by atoms with E-state index >= 15 is 0 Å². The first-order valence-corrected chi connectivity index (χ1v) is 17.5. The molecular weight excluding hydrogens is 564 g/mol. The van der Waals surface area contributed by atoms with E-state index in [0.717, 1.165) is 32.1 Å². The van der Waals surface area contributed by atoms with Crippen LogP contribution in [-0.2, 0) is 18.9 Å². The van der Waals surface area contributed by atoms with Gasteiger partial charge in [-0.15, -0.1) is 0 Å². The highest BCUT2D eigenvalue weighted by Gasteiger charge is 2.85. The summed E-state index contributed by atoms with van der Waals surface area (Å²) < 4.78 is 25.0. The lowest BCUT2D eigenvalue weighted by Crippen LogP contribution is -2.60. The molecule has 250 valence electrons. The smallest absolute Gasteiger partial charge is 0.225 e. The van der Waals surface area contributed by atoms with E-state index in [4.69, 9.17) is 18.9 Å². The monoisotopic (exact) mass is 620 g/mol. The predicted molar refractivity (Wildman–Crippen MR) is 159 cm³/mol. The zero-order chi connectivity index (χ0) is 31.6. The summed E-state index contributed by atoms with van der Waals surface area (Å²) in [5.74, 6) is 0.279. The van der Waals surface area contributed by atoms with Crippen molar-refractivity contribution in [2.45, 2.75) is 160 Å². The number of fused-ring (bicyclic) bond motifs is 4. The number of ether oxygens (including phenoxy) is 4. The molecule has 0 amide bonds. The van der Waals surface area contributed by atoms with Gasteiger partial charge in [-0.05, 0) is 116 Å². The highest BCUT2D eigenvalue weighted by Crippen LogP contribution is 2.89. The van der Waals surface area contributed by atoms with Crippen molar-refractivity contribution < 1.29 is 44.5 Å². The Labute approximate surface area is 262 Å². The van der Waals surface area contributed by atoms with Gasteiger partial charge in [0.05, 0.1) is 24.4 Å². The minimum Gasteiger partial charge on any atom is -0.388 e. The number of aliphatic hydroxyl groups excluding tert-OH is 4. The van der Waals surface area contributed by atoms with Gasteiger partial charge in [0.1, 0.15) is 30.5 Å². The van der Waals surface area contributed by atoms with E-state index in [1.54, 1.807) is 13.8 Å². The average Bonchev–Trinajstić information content (AvgIpc) is 3.81. The van der Waals surface area contributed by atoms with Crippen molar-refractivity contribution in [1.82, 2.24) is 0 Å². The van der Waals surface area contributed by atoms with E-state index in [9.17, 15) is 25.5 Å². The summed E-state index contributed by atoms with van der Waals surface area (Å²) in [6.45, 7) is 15.3. The van der Waals surface area contributed by atoms with E-state index in [2.05, 4.69) is 34.6 Å². The Kier molecular flexibility index (Phi) is 6.33. The molecule has 0 aromatic carbocycles. The Morgan fingerprint density at radius 3 is 2.18 bits per heavy atom. The van der Waals surface area contributed by atoms with Crippen LogP contribution in [-0.4, -0.2) is 92.5 Å². The number of hydrogen-bond acceptors (Lipinski definition) is 9. The first kappa shape index (κ1) is 30.9. The zero-order valence-corrected chi connectivity index (χ0v) is 27.7. The van der Waals surface area contributed by atoms with Crippen molar-refractivity contribution in [3.05, 3.63) is 0 Å². The Morgan fingerprint density at radius 2 is 1.50 bits per heavy atom. The third kappa shape index (κ3) is 3.53. The molecule has 9 nitrogen and oxygen atoms in total. The zero-order valence-electron chi connectivity index (χ0n) is 27.7. The summed E-state index contributed by atoms with van der Waals surface area (Å²) in [5, 5.41) is 53.1. The molecule has 17 atom stereocenters. The summed E-state index contributed by atoms with van der Waals surface area (Å²) in [5.41, 5.74) is -0.452. The van der Waals surface area contributed by atoms with Crippen LogP contribution in [0, 0.1) is 50.7 Å². The third-order valence-electron chi connectivity index (χ3n) is 15.9. The maximum absolute atomic E-state index is 11.6. The van der Waals surface area contributed by atoms with Gasteiger partial charge in [0.15, 0.2) is 6.29 Å². The van der Waals surface area contributed by atoms with Gasteiger partial charge in [-0.3, -0.25) is 0 Å². The van der Waals surface area contributed by atoms with Crippen molar-refractivity contribution in [2.24, 2.45) is 50.7 Å². The van der Waals surface area contributed by atoms with Crippen LogP contribution in [0.4, 0.5) is 0 Å². The lowest BCUT2D eigenvalue weighted by Gasteiger charge is -2.63. The van der Waals surface area contributed by atoms with Crippen molar-refractivity contribution in [2.75, 3.05) is 6.61 Å². The molecule has 3 saturated heterocycles.